The highest BCUT2D eigenvalue weighted by atomic mass is 32.2. The van der Waals surface area contributed by atoms with Gasteiger partial charge in [0.05, 0.1) is 10.9 Å². The Labute approximate surface area is 139 Å². The zero-order chi connectivity index (χ0) is 16.2. The van der Waals surface area contributed by atoms with E-state index >= 15 is 0 Å². The number of hydrogen-bond donors (Lipinski definition) is 2. The first kappa shape index (κ1) is 15.6. The molecule has 4 nitrogen and oxygen atoms in total. The molecule has 1 aliphatic heterocycles. The molecule has 2 aromatic carbocycles. The number of carbonyl (C=O) groups is 2. The molecule has 1 aliphatic rings. The number of nitrogens with one attached hydrogen (secondary N) is 2. The van der Waals surface area contributed by atoms with Crippen LogP contribution in [0.25, 0.3) is 0 Å². The topological polar surface area (TPSA) is 58.2 Å². The van der Waals surface area contributed by atoms with Crippen LogP contribution in [0.3, 0.4) is 0 Å². The molecule has 0 saturated carbocycles. The van der Waals surface area contributed by atoms with Crippen molar-refractivity contribution in [2.24, 2.45) is 0 Å². The summed E-state index contributed by atoms with van der Waals surface area (Å²) in [6, 6.07) is 15.4. The van der Waals surface area contributed by atoms with E-state index in [0.717, 1.165) is 22.7 Å². The van der Waals surface area contributed by atoms with E-state index in [9.17, 15) is 9.59 Å². The van der Waals surface area contributed by atoms with Gasteiger partial charge in [0.2, 0.25) is 11.8 Å². The van der Waals surface area contributed by atoms with E-state index in [2.05, 4.69) is 17.6 Å². The predicted octanol–water partition coefficient (Wildman–Crippen LogP) is 3.69. The van der Waals surface area contributed by atoms with Crippen molar-refractivity contribution in [1.29, 1.82) is 0 Å². The summed E-state index contributed by atoms with van der Waals surface area (Å²) in [6.45, 7) is 2.07. The molecular formula is C18H18N2O2S. The summed E-state index contributed by atoms with van der Waals surface area (Å²) in [6.07, 6.45) is 1.07. The summed E-state index contributed by atoms with van der Waals surface area (Å²) in [5.74, 6) is -0.267. The number of para-hydroxylation sites is 1. The van der Waals surface area contributed by atoms with E-state index in [1.54, 1.807) is 0 Å². The standard InChI is InChI=1S/C18H18N2O2S/c1-2-12-6-5-7-13(10-12)19-17(21)11-16-18(22)20-14-8-3-4-9-15(14)23-16/h3-10,16H,2,11H2,1H3,(H,19,21)(H,20,22). The fraction of sp³-hybridized carbons (Fsp3) is 0.222. The monoisotopic (exact) mass is 326 g/mol. The molecule has 0 bridgehead atoms. The molecule has 1 atom stereocenters. The summed E-state index contributed by atoms with van der Waals surface area (Å²) < 4.78 is 0. The summed E-state index contributed by atoms with van der Waals surface area (Å²) in [5.41, 5.74) is 2.76. The van der Waals surface area contributed by atoms with Gasteiger partial charge in [-0.1, -0.05) is 31.2 Å². The molecule has 2 N–H and O–H groups in total. The molecule has 0 aliphatic carbocycles. The van der Waals surface area contributed by atoms with Crippen molar-refractivity contribution in [2.75, 3.05) is 10.6 Å². The lowest BCUT2D eigenvalue weighted by Gasteiger charge is -2.23. The lowest BCUT2D eigenvalue weighted by Crippen LogP contribution is -2.32. The third-order valence-electron chi connectivity index (χ3n) is 3.70. The van der Waals surface area contributed by atoms with Crippen LogP contribution >= 0.6 is 11.8 Å². The second-order valence-corrected chi connectivity index (χ2v) is 6.64. The Morgan fingerprint density at radius 1 is 1.22 bits per heavy atom. The number of thioether (sulfide) groups is 1. The molecule has 0 aromatic heterocycles. The van der Waals surface area contributed by atoms with Gasteiger partial charge in [-0.15, -0.1) is 11.8 Å². The smallest absolute Gasteiger partial charge is 0.238 e. The third kappa shape index (κ3) is 3.74. The zero-order valence-electron chi connectivity index (χ0n) is 12.8. The number of amides is 2. The molecule has 2 amide bonds. The molecule has 0 fully saturated rings. The Hall–Kier alpha value is -2.27. The molecule has 1 unspecified atom stereocenters. The van der Waals surface area contributed by atoms with Crippen molar-refractivity contribution in [3.8, 4) is 0 Å². The fourth-order valence-electron chi connectivity index (χ4n) is 2.48. The van der Waals surface area contributed by atoms with Crippen molar-refractivity contribution in [3.63, 3.8) is 0 Å². The van der Waals surface area contributed by atoms with Crippen LogP contribution < -0.4 is 10.6 Å². The number of fused-ring (bicyclic) bond motifs is 1. The van der Waals surface area contributed by atoms with Gasteiger partial charge in [-0.25, -0.2) is 0 Å². The van der Waals surface area contributed by atoms with Gasteiger partial charge >= 0.3 is 0 Å². The zero-order valence-corrected chi connectivity index (χ0v) is 13.7. The van der Waals surface area contributed by atoms with Crippen LogP contribution in [-0.2, 0) is 16.0 Å². The molecular weight excluding hydrogens is 308 g/mol. The van der Waals surface area contributed by atoms with Gasteiger partial charge in [-0.3, -0.25) is 9.59 Å². The fourth-order valence-corrected chi connectivity index (χ4v) is 3.59. The van der Waals surface area contributed by atoms with Gasteiger partial charge in [-0.05, 0) is 36.2 Å². The minimum absolute atomic E-state index is 0.119. The highest BCUT2D eigenvalue weighted by Crippen LogP contribution is 2.36. The molecule has 3 rings (SSSR count). The molecule has 0 spiro atoms. The van der Waals surface area contributed by atoms with E-state index < -0.39 is 5.25 Å². The summed E-state index contributed by atoms with van der Waals surface area (Å²) in [4.78, 5) is 25.4. The average Bonchev–Trinajstić information content (AvgIpc) is 2.55. The van der Waals surface area contributed by atoms with Crippen molar-refractivity contribution in [3.05, 3.63) is 54.1 Å². The minimum Gasteiger partial charge on any atom is -0.326 e. The van der Waals surface area contributed by atoms with Crippen LogP contribution in [0.15, 0.2) is 53.4 Å². The Morgan fingerprint density at radius 2 is 2.04 bits per heavy atom. The Balaban J connectivity index is 1.65. The molecule has 2 aromatic rings. The van der Waals surface area contributed by atoms with Crippen molar-refractivity contribution < 1.29 is 9.59 Å². The van der Waals surface area contributed by atoms with Crippen molar-refractivity contribution in [2.45, 2.75) is 29.9 Å². The van der Waals surface area contributed by atoms with Gasteiger partial charge < -0.3 is 10.6 Å². The summed E-state index contributed by atoms with van der Waals surface area (Å²) in [5, 5.41) is 5.33. The molecule has 1 heterocycles. The largest absolute Gasteiger partial charge is 0.326 e. The van der Waals surface area contributed by atoms with Crippen molar-refractivity contribution >= 4 is 35.0 Å². The normalized spacial score (nSPS) is 16.4. The quantitative estimate of drug-likeness (QED) is 0.901. The maximum absolute atomic E-state index is 12.2. The Bertz CT molecular complexity index is 745. The second-order valence-electron chi connectivity index (χ2n) is 5.40. The van der Waals surface area contributed by atoms with E-state index in [0.29, 0.717) is 0 Å². The highest BCUT2D eigenvalue weighted by molar-refractivity contribution is 8.01. The average molecular weight is 326 g/mol. The van der Waals surface area contributed by atoms with Crippen LogP contribution in [0.4, 0.5) is 11.4 Å². The SMILES string of the molecule is CCc1cccc(NC(=O)CC2Sc3ccccc3NC2=O)c1. The Kier molecular flexibility index (Phi) is 4.67. The molecule has 5 heteroatoms. The molecule has 0 saturated heterocycles. The Morgan fingerprint density at radius 3 is 2.87 bits per heavy atom. The van der Waals surface area contributed by atoms with Gasteiger partial charge in [0.15, 0.2) is 0 Å². The number of rotatable bonds is 4. The van der Waals surface area contributed by atoms with Crippen LogP contribution in [0.5, 0.6) is 0 Å². The first-order valence-corrected chi connectivity index (χ1v) is 8.49. The van der Waals surface area contributed by atoms with E-state index in [4.69, 9.17) is 0 Å². The summed E-state index contributed by atoms with van der Waals surface area (Å²) >= 11 is 1.44. The maximum atomic E-state index is 12.2. The maximum Gasteiger partial charge on any atom is 0.238 e. The van der Waals surface area contributed by atoms with E-state index in [1.165, 1.54) is 17.3 Å². The molecule has 23 heavy (non-hydrogen) atoms. The molecule has 0 radical (unpaired) electrons. The first-order valence-electron chi connectivity index (χ1n) is 7.61. The van der Waals surface area contributed by atoms with Crippen LogP contribution in [0.2, 0.25) is 0 Å². The predicted molar refractivity (Wildman–Crippen MR) is 93.8 cm³/mol. The van der Waals surface area contributed by atoms with Gasteiger partial charge in [-0.2, -0.15) is 0 Å². The lowest BCUT2D eigenvalue weighted by molar-refractivity contribution is -0.120. The number of carbonyl (C=O) groups excluding carboxylic acids is 2. The second kappa shape index (κ2) is 6.87. The third-order valence-corrected chi connectivity index (χ3v) is 4.97. The number of aryl methyl sites for hydroxylation is 1. The van der Waals surface area contributed by atoms with E-state index in [1.807, 2.05) is 48.5 Å². The van der Waals surface area contributed by atoms with Crippen LogP contribution in [-0.4, -0.2) is 17.1 Å². The first-order chi connectivity index (χ1) is 11.2. The summed E-state index contributed by atoms with van der Waals surface area (Å²) in [7, 11) is 0. The van der Waals surface area contributed by atoms with Crippen LogP contribution in [0.1, 0.15) is 18.9 Å². The number of anilines is 2. The van der Waals surface area contributed by atoms with Crippen LogP contribution in [0, 0.1) is 0 Å². The highest BCUT2D eigenvalue weighted by Gasteiger charge is 2.28. The van der Waals surface area contributed by atoms with Gasteiger partial charge in [0, 0.05) is 17.0 Å². The number of benzene rings is 2. The van der Waals surface area contributed by atoms with Crippen molar-refractivity contribution in [1.82, 2.24) is 0 Å². The number of hydrogen-bond acceptors (Lipinski definition) is 3. The van der Waals surface area contributed by atoms with Gasteiger partial charge in [0.1, 0.15) is 0 Å². The lowest BCUT2D eigenvalue weighted by atomic mass is 10.1. The van der Waals surface area contributed by atoms with Gasteiger partial charge in [0.25, 0.3) is 0 Å². The van der Waals surface area contributed by atoms with E-state index in [-0.39, 0.29) is 18.2 Å². The minimum atomic E-state index is -0.403. The molecule has 118 valence electrons.